The molecule has 3 aliphatic rings. The average Bonchev–Trinajstić information content (AvgIpc) is 3.35. The zero-order valence-electron chi connectivity index (χ0n) is 18.4. The lowest BCUT2D eigenvalue weighted by atomic mass is 9.99. The molecule has 3 aliphatic heterocycles. The summed E-state index contributed by atoms with van der Waals surface area (Å²) in [6.45, 7) is 4.76. The SMILES string of the molecule is Fc1cc(Nc2ncc3c(n2)N2CCN=C2C(c2ccc(Cl)cc2)=C3)ccc1N1CCNCC1. The topological polar surface area (TPSA) is 68.7 Å². The van der Waals surface area contributed by atoms with Crippen molar-refractivity contribution in [3.63, 3.8) is 0 Å². The summed E-state index contributed by atoms with van der Waals surface area (Å²) < 4.78 is 14.8. The first kappa shape index (κ1) is 21.1. The maximum atomic E-state index is 14.8. The van der Waals surface area contributed by atoms with Crippen molar-refractivity contribution >= 4 is 52.2 Å². The van der Waals surface area contributed by atoms with Gasteiger partial charge in [0.05, 0.1) is 12.2 Å². The molecule has 0 aliphatic carbocycles. The molecule has 172 valence electrons. The molecule has 0 atom stereocenters. The zero-order chi connectivity index (χ0) is 23.1. The molecular weight excluding hydrogens is 453 g/mol. The summed E-state index contributed by atoms with van der Waals surface area (Å²) in [7, 11) is 0. The van der Waals surface area contributed by atoms with Gasteiger partial charge in [0, 0.05) is 60.8 Å². The van der Waals surface area contributed by atoms with Gasteiger partial charge in [-0.3, -0.25) is 4.99 Å². The number of hydrogen-bond donors (Lipinski definition) is 2. The molecule has 0 bridgehead atoms. The van der Waals surface area contributed by atoms with E-state index in [1.165, 1.54) is 6.07 Å². The van der Waals surface area contributed by atoms with Gasteiger partial charge in [-0.05, 0) is 42.0 Å². The summed E-state index contributed by atoms with van der Waals surface area (Å²) in [5.74, 6) is 1.85. The number of piperazine rings is 1. The number of aromatic nitrogens is 2. The Morgan fingerprint density at radius 3 is 2.65 bits per heavy atom. The first-order valence-electron chi connectivity index (χ1n) is 11.3. The van der Waals surface area contributed by atoms with Crippen molar-refractivity contribution in [2.45, 2.75) is 0 Å². The van der Waals surface area contributed by atoms with E-state index < -0.39 is 0 Å². The lowest BCUT2D eigenvalue weighted by Gasteiger charge is -2.29. The molecule has 34 heavy (non-hydrogen) atoms. The number of nitrogens with zero attached hydrogens (tertiary/aromatic N) is 5. The van der Waals surface area contributed by atoms with E-state index in [-0.39, 0.29) is 5.82 Å². The van der Waals surface area contributed by atoms with E-state index in [1.807, 2.05) is 36.4 Å². The minimum Gasteiger partial charge on any atom is -0.367 e. The number of amidine groups is 1. The summed E-state index contributed by atoms with van der Waals surface area (Å²) in [6.07, 6.45) is 3.85. The van der Waals surface area contributed by atoms with Crippen LogP contribution in [0.1, 0.15) is 11.1 Å². The van der Waals surface area contributed by atoms with Crippen LogP contribution in [0.4, 0.5) is 27.5 Å². The molecule has 1 saturated heterocycles. The van der Waals surface area contributed by atoms with Gasteiger partial charge in [0.1, 0.15) is 17.5 Å². The smallest absolute Gasteiger partial charge is 0.229 e. The van der Waals surface area contributed by atoms with E-state index in [2.05, 4.69) is 31.5 Å². The molecule has 0 spiro atoms. The van der Waals surface area contributed by atoms with Crippen LogP contribution in [0.3, 0.4) is 0 Å². The number of nitrogens with one attached hydrogen (secondary N) is 2. The minimum absolute atomic E-state index is 0.255. The Bertz CT molecular complexity index is 1300. The van der Waals surface area contributed by atoms with Gasteiger partial charge in [-0.25, -0.2) is 9.37 Å². The highest BCUT2D eigenvalue weighted by Gasteiger charge is 2.30. The number of benzene rings is 2. The van der Waals surface area contributed by atoms with Crippen molar-refractivity contribution < 1.29 is 4.39 Å². The number of anilines is 4. The number of fused-ring (bicyclic) bond motifs is 3. The van der Waals surface area contributed by atoms with Crippen LogP contribution in [0.25, 0.3) is 11.6 Å². The fourth-order valence-electron chi connectivity index (χ4n) is 4.58. The lowest BCUT2D eigenvalue weighted by Crippen LogP contribution is -2.43. The van der Waals surface area contributed by atoms with Gasteiger partial charge in [0.15, 0.2) is 0 Å². The van der Waals surface area contributed by atoms with E-state index >= 15 is 0 Å². The molecule has 7 nitrogen and oxygen atoms in total. The van der Waals surface area contributed by atoms with E-state index in [9.17, 15) is 4.39 Å². The van der Waals surface area contributed by atoms with Gasteiger partial charge < -0.3 is 20.4 Å². The summed E-state index contributed by atoms with van der Waals surface area (Å²) in [5.41, 5.74) is 4.21. The van der Waals surface area contributed by atoms with Crippen LogP contribution in [0.15, 0.2) is 53.7 Å². The third kappa shape index (κ3) is 3.89. The van der Waals surface area contributed by atoms with Gasteiger partial charge >= 0.3 is 0 Å². The Balaban J connectivity index is 1.28. The maximum absolute atomic E-state index is 14.8. The Labute approximate surface area is 202 Å². The normalized spacial score (nSPS) is 17.1. The molecule has 6 rings (SSSR count). The number of halogens is 2. The summed E-state index contributed by atoms with van der Waals surface area (Å²) in [4.78, 5) is 18.1. The molecule has 4 heterocycles. The highest BCUT2D eigenvalue weighted by molar-refractivity contribution is 6.36. The fourth-order valence-corrected chi connectivity index (χ4v) is 4.71. The van der Waals surface area contributed by atoms with Crippen molar-refractivity contribution in [2.24, 2.45) is 4.99 Å². The third-order valence-electron chi connectivity index (χ3n) is 6.25. The second-order valence-corrected chi connectivity index (χ2v) is 8.86. The van der Waals surface area contributed by atoms with E-state index in [1.54, 1.807) is 6.20 Å². The molecule has 2 aromatic carbocycles. The maximum Gasteiger partial charge on any atom is 0.229 e. The molecule has 9 heteroatoms. The molecule has 2 N–H and O–H groups in total. The highest BCUT2D eigenvalue weighted by atomic mass is 35.5. The predicted molar refractivity (Wildman–Crippen MR) is 136 cm³/mol. The van der Waals surface area contributed by atoms with Crippen LogP contribution in [0.2, 0.25) is 5.02 Å². The van der Waals surface area contributed by atoms with Crippen molar-refractivity contribution in [1.82, 2.24) is 15.3 Å². The Morgan fingerprint density at radius 2 is 1.85 bits per heavy atom. The van der Waals surface area contributed by atoms with E-state index in [4.69, 9.17) is 21.6 Å². The quantitative estimate of drug-likeness (QED) is 0.589. The van der Waals surface area contributed by atoms with Crippen LogP contribution in [-0.2, 0) is 0 Å². The molecule has 0 unspecified atom stereocenters. The Hall–Kier alpha value is -3.49. The van der Waals surface area contributed by atoms with Gasteiger partial charge in [0.2, 0.25) is 5.95 Å². The number of rotatable bonds is 4. The Kier molecular flexibility index (Phi) is 5.39. The lowest BCUT2D eigenvalue weighted by molar-refractivity contribution is 0.566. The van der Waals surface area contributed by atoms with Crippen LogP contribution < -0.4 is 20.4 Å². The number of hydrogen-bond acceptors (Lipinski definition) is 7. The summed E-state index contributed by atoms with van der Waals surface area (Å²) in [5, 5.41) is 7.14. The van der Waals surface area contributed by atoms with Gasteiger partial charge in [0.25, 0.3) is 0 Å². The zero-order valence-corrected chi connectivity index (χ0v) is 19.2. The number of aliphatic imine (C=N–C) groups is 1. The fraction of sp³-hybridized carbons (Fsp3) is 0.240. The van der Waals surface area contributed by atoms with Crippen LogP contribution >= 0.6 is 11.6 Å². The molecule has 0 saturated carbocycles. The Morgan fingerprint density at radius 1 is 1.03 bits per heavy atom. The molecule has 1 aromatic heterocycles. The van der Waals surface area contributed by atoms with Crippen molar-refractivity contribution in [2.75, 3.05) is 54.4 Å². The van der Waals surface area contributed by atoms with Crippen molar-refractivity contribution in [3.8, 4) is 0 Å². The molecular formula is C25H23ClFN7. The van der Waals surface area contributed by atoms with Crippen molar-refractivity contribution in [3.05, 3.63) is 70.6 Å². The van der Waals surface area contributed by atoms with Gasteiger partial charge in [-0.1, -0.05) is 23.7 Å². The third-order valence-corrected chi connectivity index (χ3v) is 6.50. The molecule has 0 amide bonds. The standard InChI is InChI=1S/C25H23ClFN7/c26-18-3-1-16(2-4-18)20-13-17-15-30-25(32-23(17)34-12-9-29-24(20)34)31-19-5-6-22(21(27)14-19)33-10-7-28-8-11-33/h1-6,13-15,28H,7-12H2,(H,30,31,32). The van der Waals surface area contributed by atoms with Gasteiger partial charge in [-0.15, -0.1) is 0 Å². The second kappa shape index (κ2) is 8.70. The minimum atomic E-state index is -0.255. The first-order chi connectivity index (χ1) is 16.7. The summed E-state index contributed by atoms with van der Waals surface area (Å²) >= 11 is 6.07. The van der Waals surface area contributed by atoms with E-state index in [0.29, 0.717) is 28.9 Å². The van der Waals surface area contributed by atoms with E-state index in [0.717, 1.165) is 61.1 Å². The first-order valence-corrected chi connectivity index (χ1v) is 11.7. The largest absolute Gasteiger partial charge is 0.367 e. The average molecular weight is 476 g/mol. The molecule has 1 fully saturated rings. The summed E-state index contributed by atoms with van der Waals surface area (Å²) in [6, 6.07) is 12.9. The molecule has 3 aromatic rings. The van der Waals surface area contributed by atoms with Crippen LogP contribution in [0, 0.1) is 5.82 Å². The highest BCUT2D eigenvalue weighted by Crippen LogP contribution is 2.36. The van der Waals surface area contributed by atoms with Gasteiger partial charge in [-0.2, -0.15) is 4.98 Å². The predicted octanol–water partition coefficient (Wildman–Crippen LogP) is 4.20. The van der Waals surface area contributed by atoms with Crippen LogP contribution in [0.5, 0.6) is 0 Å². The monoisotopic (exact) mass is 475 g/mol. The second-order valence-electron chi connectivity index (χ2n) is 8.42. The van der Waals surface area contributed by atoms with Crippen LogP contribution in [-0.4, -0.2) is 55.1 Å². The van der Waals surface area contributed by atoms with Crippen molar-refractivity contribution in [1.29, 1.82) is 0 Å². The molecule has 0 radical (unpaired) electrons.